The molecule has 3 heterocycles. The zero-order chi connectivity index (χ0) is 17.7. The first-order valence-electron chi connectivity index (χ1n) is 8.52. The summed E-state index contributed by atoms with van der Waals surface area (Å²) in [5.74, 6) is 0. The molecule has 3 aromatic heterocycles. The molecule has 0 radical (unpaired) electrons. The van der Waals surface area contributed by atoms with E-state index in [0.717, 1.165) is 35.1 Å². The first kappa shape index (κ1) is 15.3. The largest absolute Gasteiger partial charge is 0.348 e. The summed E-state index contributed by atoms with van der Waals surface area (Å²) in [6, 6.07) is 13.8. The van der Waals surface area contributed by atoms with Crippen LogP contribution < -0.4 is 5.69 Å². The maximum Gasteiger partial charge on any atom is 0.348 e. The predicted molar refractivity (Wildman–Crippen MR) is 102 cm³/mol. The van der Waals surface area contributed by atoms with Crippen molar-refractivity contribution in [3.8, 4) is 17.1 Å². The Balaban J connectivity index is 1.75. The van der Waals surface area contributed by atoms with Gasteiger partial charge in [0.05, 0.1) is 23.1 Å². The standard InChI is InChI=1S/C20H15ClN4O/c21-14-1-3-16(4-2-14)25-18(11-13-7-9-22-12-19(13)25)17-8-10-24(15-5-6-15)20(26)23-17/h1-4,7-12,15H,5-6H2. The van der Waals surface area contributed by atoms with Crippen LogP contribution in [-0.2, 0) is 0 Å². The molecular weight excluding hydrogens is 348 g/mol. The molecule has 0 amide bonds. The number of nitrogens with zero attached hydrogens (tertiary/aromatic N) is 4. The van der Waals surface area contributed by atoms with Crippen molar-refractivity contribution >= 4 is 22.5 Å². The highest BCUT2D eigenvalue weighted by molar-refractivity contribution is 6.30. The monoisotopic (exact) mass is 362 g/mol. The lowest BCUT2D eigenvalue weighted by molar-refractivity contribution is 0.681. The van der Waals surface area contributed by atoms with Crippen LogP contribution in [0.4, 0.5) is 0 Å². The Bertz CT molecular complexity index is 1170. The van der Waals surface area contributed by atoms with E-state index in [1.54, 1.807) is 10.8 Å². The maximum absolute atomic E-state index is 12.4. The molecule has 1 fully saturated rings. The highest BCUT2D eigenvalue weighted by Gasteiger charge is 2.25. The van der Waals surface area contributed by atoms with Gasteiger partial charge in [-0.2, -0.15) is 4.98 Å². The van der Waals surface area contributed by atoms with Gasteiger partial charge in [0, 0.05) is 34.5 Å². The third kappa shape index (κ3) is 2.52. The van der Waals surface area contributed by atoms with Gasteiger partial charge in [0.25, 0.3) is 0 Å². The average molecular weight is 363 g/mol. The van der Waals surface area contributed by atoms with Crippen LogP contribution in [0.2, 0.25) is 5.02 Å². The summed E-state index contributed by atoms with van der Waals surface area (Å²) >= 11 is 6.04. The second-order valence-corrected chi connectivity index (χ2v) is 6.95. The van der Waals surface area contributed by atoms with Crippen molar-refractivity contribution in [3.05, 3.63) is 76.6 Å². The van der Waals surface area contributed by atoms with Crippen LogP contribution >= 0.6 is 11.6 Å². The Morgan fingerprint density at radius 2 is 1.88 bits per heavy atom. The molecule has 4 aromatic rings. The average Bonchev–Trinajstić information content (AvgIpc) is 3.42. The fraction of sp³-hybridized carbons (Fsp3) is 0.150. The molecule has 0 saturated heterocycles. The van der Waals surface area contributed by atoms with E-state index in [9.17, 15) is 4.79 Å². The van der Waals surface area contributed by atoms with Crippen LogP contribution in [0, 0.1) is 0 Å². The predicted octanol–water partition coefficient (Wildman–Crippen LogP) is 4.24. The summed E-state index contributed by atoms with van der Waals surface area (Å²) < 4.78 is 3.78. The van der Waals surface area contributed by atoms with Crippen LogP contribution in [0.5, 0.6) is 0 Å². The number of hydrogen-bond donors (Lipinski definition) is 0. The summed E-state index contributed by atoms with van der Waals surface area (Å²) in [6.45, 7) is 0. The molecule has 0 aliphatic heterocycles. The number of rotatable bonds is 3. The third-order valence-corrected chi connectivity index (χ3v) is 4.98. The second kappa shape index (κ2) is 5.81. The first-order chi connectivity index (χ1) is 12.7. The first-order valence-corrected chi connectivity index (χ1v) is 8.89. The normalized spacial score (nSPS) is 14.0. The number of pyridine rings is 1. The summed E-state index contributed by atoms with van der Waals surface area (Å²) in [4.78, 5) is 21.0. The minimum atomic E-state index is -0.198. The van der Waals surface area contributed by atoms with Gasteiger partial charge < -0.3 is 4.57 Å². The van der Waals surface area contributed by atoms with Crippen LogP contribution in [0.1, 0.15) is 18.9 Å². The lowest BCUT2D eigenvalue weighted by atomic mass is 10.2. The highest BCUT2D eigenvalue weighted by Crippen LogP contribution is 2.34. The van der Waals surface area contributed by atoms with Gasteiger partial charge in [0.2, 0.25) is 0 Å². The van der Waals surface area contributed by atoms with Gasteiger partial charge in [0.1, 0.15) is 0 Å². The van der Waals surface area contributed by atoms with Crippen molar-refractivity contribution in [2.75, 3.05) is 0 Å². The summed E-state index contributed by atoms with van der Waals surface area (Å²) in [5.41, 5.74) is 3.21. The molecule has 5 rings (SSSR count). The van der Waals surface area contributed by atoms with E-state index in [-0.39, 0.29) is 5.69 Å². The van der Waals surface area contributed by atoms with Crippen LogP contribution in [0.3, 0.4) is 0 Å². The molecule has 1 aromatic carbocycles. The van der Waals surface area contributed by atoms with Crippen LogP contribution in [-0.4, -0.2) is 19.1 Å². The van der Waals surface area contributed by atoms with E-state index in [1.807, 2.05) is 54.9 Å². The number of halogens is 1. The molecule has 1 aliphatic rings. The molecule has 5 nitrogen and oxygen atoms in total. The Morgan fingerprint density at radius 3 is 2.62 bits per heavy atom. The van der Waals surface area contributed by atoms with Gasteiger partial charge >= 0.3 is 5.69 Å². The molecular formula is C20H15ClN4O. The zero-order valence-corrected chi connectivity index (χ0v) is 14.6. The van der Waals surface area contributed by atoms with Crippen molar-refractivity contribution in [2.45, 2.75) is 18.9 Å². The number of aromatic nitrogens is 4. The maximum atomic E-state index is 12.4. The molecule has 0 spiro atoms. The summed E-state index contributed by atoms with van der Waals surface area (Å²) in [5, 5.41) is 1.72. The molecule has 0 atom stereocenters. The lowest BCUT2D eigenvalue weighted by Crippen LogP contribution is -2.21. The van der Waals surface area contributed by atoms with Gasteiger partial charge in [-0.1, -0.05) is 11.6 Å². The molecule has 128 valence electrons. The molecule has 0 N–H and O–H groups in total. The molecule has 1 aliphatic carbocycles. The minimum absolute atomic E-state index is 0.198. The molecule has 0 unspecified atom stereocenters. The third-order valence-electron chi connectivity index (χ3n) is 4.72. The van der Waals surface area contributed by atoms with E-state index in [4.69, 9.17) is 11.6 Å². The molecule has 0 bridgehead atoms. The van der Waals surface area contributed by atoms with Gasteiger partial charge in [-0.05, 0) is 55.3 Å². The van der Waals surface area contributed by atoms with Gasteiger partial charge in [-0.15, -0.1) is 0 Å². The Morgan fingerprint density at radius 1 is 1.08 bits per heavy atom. The van der Waals surface area contributed by atoms with E-state index in [1.165, 1.54) is 0 Å². The fourth-order valence-corrected chi connectivity index (χ4v) is 3.42. The Labute approximate surface area is 154 Å². The van der Waals surface area contributed by atoms with Gasteiger partial charge in [-0.25, -0.2) is 4.79 Å². The number of benzene rings is 1. The summed E-state index contributed by atoms with van der Waals surface area (Å²) in [7, 11) is 0. The van der Waals surface area contributed by atoms with E-state index >= 15 is 0 Å². The van der Waals surface area contributed by atoms with Crippen molar-refractivity contribution < 1.29 is 0 Å². The number of fused-ring (bicyclic) bond motifs is 1. The van der Waals surface area contributed by atoms with Crippen LogP contribution in [0.15, 0.2) is 65.8 Å². The molecule has 1 saturated carbocycles. The summed E-state index contributed by atoms with van der Waals surface area (Å²) in [6.07, 6.45) is 7.54. The van der Waals surface area contributed by atoms with Crippen molar-refractivity contribution in [1.82, 2.24) is 19.1 Å². The van der Waals surface area contributed by atoms with Crippen molar-refractivity contribution in [3.63, 3.8) is 0 Å². The van der Waals surface area contributed by atoms with Gasteiger partial charge in [0.15, 0.2) is 0 Å². The Kier molecular flexibility index (Phi) is 3.43. The zero-order valence-electron chi connectivity index (χ0n) is 13.8. The second-order valence-electron chi connectivity index (χ2n) is 6.51. The van der Waals surface area contributed by atoms with E-state index in [0.29, 0.717) is 16.8 Å². The van der Waals surface area contributed by atoms with E-state index in [2.05, 4.69) is 14.5 Å². The van der Waals surface area contributed by atoms with Crippen molar-refractivity contribution in [2.24, 2.45) is 0 Å². The highest BCUT2D eigenvalue weighted by atomic mass is 35.5. The topological polar surface area (TPSA) is 52.7 Å². The smallest absolute Gasteiger partial charge is 0.306 e. The SMILES string of the molecule is O=c1nc(-c2cc3ccncc3n2-c2ccc(Cl)cc2)ccn1C1CC1. The minimum Gasteiger partial charge on any atom is -0.306 e. The lowest BCUT2D eigenvalue weighted by Gasteiger charge is -2.11. The molecule has 26 heavy (non-hydrogen) atoms. The van der Waals surface area contributed by atoms with Crippen molar-refractivity contribution in [1.29, 1.82) is 0 Å². The van der Waals surface area contributed by atoms with Crippen LogP contribution in [0.25, 0.3) is 28.0 Å². The van der Waals surface area contributed by atoms with Gasteiger partial charge in [-0.3, -0.25) is 9.55 Å². The number of hydrogen-bond acceptors (Lipinski definition) is 3. The fourth-order valence-electron chi connectivity index (χ4n) is 3.29. The quantitative estimate of drug-likeness (QED) is 0.547. The Hall–Kier alpha value is -2.92. The molecule has 6 heteroatoms. The van der Waals surface area contributed by atoms with E-state index < -0.39 is 0 Å².